The summed E-state index contributed by atoms with van der Waals surface area (Å²) >= 11 is 0. The van der Waals surface area contributed by atoms with Gasteiger partial charge in [0.05, 0.1) is 6.54 Å². The summed E-state index contributed by atoms with van der Waals surface area (Å²) in [6, 6.07) is 74.8. The Bertz CT molecular complexity index is 6360. The second kappa shape index (κ2) is 29.4. The monoisotopic (exact) mass is 1530 g/mol. The van der Waals surface area contributed by atoms with E-state index in [2.05, 4.69) is 230 Å². The summed E-state index contributed by atoms with van der Waals surface area (Å²) in [7, 11) is 0. The summed E-state index contributed by atoms with van der Waals surface area (Å²) in [5, 5.41) is 6.52. The highest BCUT2D eigenvalue weighted by atomic mass is 16.5. The molecule has 2 aliphatic heterocycles. The van der Waals surface area contributed by atoms with Crippen LogP contribution in [0.15, 0.2) is 230 Å². The first-order valence-electron chi connectivity index (χ1n) is 39.4. The van der Waals surface area contributed by atoms with Crippen LogP contribution in [0.1, 0.15) is 164 Å². The van der Waals surface area contributed by atoms with Gasteiger partial charge in [-0.25, -0.2) is 29.9 Å². The van der Waals surface area contributed by atoms with Gasteiger partial charge in [-0.3, -0.25) is 0 Å². The first kappa shape index (κ1) is 76.9. The Morgan fingerprint density at radius 1 is 0.267 bits per heavy atom. The fourth-order valence-corrected chi connectivity index (χ4v) is 14.3. The molecule has 0 unspecified atom stereocenters. The summed E-state index contributed by atoms with van der Waals surface area (Å²) in [6.07, 6.45) is 0. The van der Waals surface area contributed by atoms with Crippen LogP contribution in [0.3, 0.4) is 0 Å². The van der Waals surface area contributed by atoms with Gasteiger partial charge < -0.3 is 38.4 Å². The van der Waals surface area contributed by atoms with Crippen molar-refractivity contribution in [3.63, 3.8) is 0 Å². The van der Waals surface area contributed by atoms with Gasteiger partial charge in [-0.15, -0.1) is 0 Å². The Hall–Kier alpha value is -13.1. The Morgan fingerprint density at radius 3 is 0.750 bits per heavy atom. The number of benzene rings is 11. The molecule has 0 fully saturated rings. The summed E-state index contributed by atoms with van der Waals surface area (Å²) in [4.78, 5) is 43.9. The Labute approximate surface area is 676 Å². The molecule has 116 heavy (non-hydrogen) atoms. The Kier molecular flexibility index (Phi) is 19.5. The van der Waals surface area contributed by atoms with E-state index in [9.17, 15) is 5.53 Å². The van der Waals surface area contributed by atoms with Crippen molar-refractivity contribution >= 4 is 44.1 Å². The normalized spacial score (nSPS) is 12.4. The molecule has 0 saturated heterocycles. The predicted octanol–water partition coefficient (Wildman–Crippen LogP) is 27.9. The van der Waals surface area contributed by atoms with E-state index >= 15 is 0 Å². The predicted molar refractivity (Wildman–Crippen MR) is 466 cm³/mol. The zero-order chi connectivity index (χ0) is 81.5. The van der Waals surface area contributed by atoms with Crippen molar-refractivity contribution in [1.82, 2.24) is 39.9 Å². The van der Waals surface area contributed by atoms with Gasteiger partial charge in [-0.1, -0.05) is 233 Å². The number of azide groups is 1. The van der Waals surface area contributed by atoms with Crippen LogP contribution in [0, 0.1) is 0 Å². The SMILES string of the molecule is CC(C)(C)c1ccc(Oc2cc3c(cc2Oc2ccc(C(C)(C)C)cc2)-c2nc-3nc3[nH]c(nc4nc(nc5[nH]c(n2)c2cc(Oc6ccc(C(C)(C)C)cc6)c(Oc6ccc(C(C)(C)C)cc6)cc52)-c2cc(Oc5ccc(C(C)(C)C)cc5)c(Oc5ccc(C(C)(C)C)cc5)cc2-4)c2cc(-c4ccc(CN=[N+]=[N-])cc4)ccc32)cc1. The lowest BCUT2D eigenvalue weighted by molar-refractivity contribution is 0.418. The minimum Gasteiger partial charge on any atom is -0.453 e. The van der Waals surface area contributed by atoms with Crippen molar-refractivity contribution in [2.45, 2.75) is 164 Å². The van der Waals surface area contributed by atoms with E-state index in [4.69, 9.17) is 58.3 Å². The number of fused-ring (bicyclic) bond motifs is 20. The highest BCUT2D eigenvalue weighted by molar-refractivity contribution is 6.08. The average molecular weight is 1530 g/mol. The van der Waals surface area contributed by atoms with Gasteiger partial charge in [0.2, 0.25) is 0 Å². The van der Waals surface area contributed by atoms with E-state index in [-0.39, 0.29) is 39.0 Å². The quantitative estimate of drug-likeness (QED) is 0.0557. The molecule has 5 heterocycles. The third-order valence-electron chi connectivity index (χ3n) is 21.3. The van der Waals surface area contributed by atoms with E-state index in [1.807, 2.05) is 140 Å². The van der Waals surface area contributed by atoms with Gasteiger partial charge in [0, 0.05) is 48.7 Å². The van der Waals surface area contributed by atoms with E-state index in [1.54, 1.807) is 0 Å². The fraction of sp³-hybridized carbons (Fsp3) is 0.253. The Morgan fingerprint density at radius 2 is 0.500 bits per heavy atom. The first-order chi connectivity index (χ1) is 55.1. The molecule has 0 atom stereocenters. The molecule has 0 spiro atoms. The molecule has 2 N–H and O–H groups in total. The molecule has 0 amide bonds. The van der Waals surface area contributed by atoms with Crippen molar-refractivity contribution in [2.75, 3.05) is 0 Å². The zero-order valence-electron chi connectivity index (χ0n) is 69.0. The van der Waals surface area contributed by atoms with Gasteiger partial charge in [0.1, 0.15) is 57.1 Å². The minimum absolute atomic E-state index is 0.105. The molecule has 3 aromatic heterocycles. The summed E-state index contributed by atoms with van der Waals surface area (Å²) in [6.45, 7) is 39.7. The molecule has 14 aromatic rings. The first-order valence-corrected chi connectivity index (χ1v) is 39.4. The molecule has 0 radical (unpaired) electrons. The van der Waals surface area contributed by atoms with E-state index in [0.717, 1.165) is 60.8 Å². The molecule has 16 rings (SSSR count). The number of hydrogen-bond acceptors (Lipinski definition) is 13. The van der Waals surface area contributed by atoms with E-state index in [1.165, 1.54) is 0 Å². The molecule has 8 bridgehead atoms. The lowest BCUT2D eigenvalue weighted by Gasteiger charge is -2.20. The molecule has 17 nitrogen and oxygen atoms in total. The number of rotatable bonds is 15. The highest BCUT2D eigenvalue weighted by Gasteiger charge is 2.30. The largest absolute Gasteiger partial charge is 0.453 e. The molecule has 17 heteroatoms. The molecule has 0 aliphatic carbocycles. The number of hydrogen-bond donors (Lipinski definition) is 2. The molecule has 582 valence electrons. The topological polar surface area (TPSA) is 213 Å². The van der Waals surface area contributed by atoms with Crippen LogP contribution in [0.4, 0.5) is 0 Å². The van der Waals surface area contributed by atoms with Gasteiger partial charge in [-0.05, 0) is 209 Å². The summed E-state index contributed by atoms with van der Waals surface area (Å²) in [5.74, 6) is 7.28. The zero-order valence-corrected chi connectivity index (χ0v) is 69.0. The van der Waals surface area contributed by atoms with E-state index in [0.29, 0.717) is 148 Å². The summed E-state index contributed by atoms with van der Waals surface area (Å²) in [5.41, 5.74) is 22.2. The second-order valence-corrected chi connectivity index (χ2v) is 36.2. The molecular weight excluding hydrogens is 1440 g/mol. The fourth-order valence-electron chi connectivity index (χ4n) is 14.3. The standard InChI is InChI=1S/C99H95N11O6/c1-94(2,3)60-24-36-66(37-25-60)111-80-50-74-75(51-81(80)112-67-38-26-61(27-39-67)95(4,5)6)90-105-88(74)103-86-72-48-23-59(58-21-19-57(20-22-58)56-101-110-100)49-73(72)87(102-86)104-89-76-52-82(113-68-40-28-62(29-41-68)96(7,8)9)83(114-69-42-30-63(31-43-69)97(10,11)12)53-77(76)91(106-89)108-93-79-55-85(116-71-46-34-65(35-47-71)99(16,17)18)84(54-78(79)92(107-90)109-93)115-70-44-32-64(33-45-70)98(13,14)15/h19-55H,56H2,1-18H3,(H2,102,103,104,105,106,107,108,109). The lowest BCUT2D eigenvalue weighted by Crippen LogP contribution is -2.10. The molecular formula is C99H95N11O6. The summed E-state index contributed by atoms with van der Waals surface area (Å²) < 4.78 is 42.2. The minimum atomic E-state index is -0.112. The number of ether oxygens (including phenoxy) is 6. The van der Waals surface area contributed by atoms with Crippen molar-refractivity contribution < 1.29 is 28.4 Å². The van der Waals surface area contributed by atoms with Crippen LogP contribution in [0.2, 0.25) is 0 Å². The number of H-pyrrole nitrogens is 2. The maximum Gasteiger partial charge on any atom is 0.170 e. The van der Waals surface area contributed by atoms with Crippen LogP contribution in [0.25, 0.3) is 111 Å². The van der Waals surface area contributed by atoms with Gasteiger partial charge in [0.25, 0.3) is 0 Å². The van der Waals surface area contributed by atoms with Crippen LogP contribution < -0.4 is 28.4 Å². The molecule has 11 aromatic carbocycles. The lowest BCUT2D eigenvalue weighted by atomic mass is 9.87. The van der Waals surface area contributed by atoms with E-state index < -0.39 is 0 Å². The molecule has 0 saturated carbocycles. The van der Waals surface area contributed by atoms with Crippen molar-refractivity contribution in [2.24, 2.45) is 5.11 Å². The highest BCUT2D eigenvalue weighted by Crippen LogP contribution is 2.50. The number of aromatic nitrogens is 8. The number of aromatic amines is 2. The maximum atomic E-state index is 9.21. The smallest absolute Gasteiger partial charge is 0.170 e. The van der Waals surface area contributed by atoms with Crippen LogP contribution >= 0.6 is 0 Å². The van der Waals surface area contributed by atoms with Crippen LogP contribution in [-0.2, 0) is 39.0 Å². The van der Waals surface area contributed by atoms with Crippen molar-refractivity contribution in [1.29, 1.82) is 0 Å². The average Bonchev–Trinajstić information content (AvgIpc) is 1.59. The van der Waals surface area contributed by atoms with Crippen molar-refractivity contribution in [3.8, 4) is 126 Å². The van der Waals surface area contributed by atoms with Crippen LogP contribution in [-0.4, -0.2) is 39.9 Å². The third-order valence-corrected chi connectivity index (χ3v) is 21.3. The third kappa shape index (κ3) is 16.1. The van der Waals surface area contributed by atoms with Crippen LogP contribution in [0.5, 0.6) is 69.0 Å². The van der Waals surface area contributed by atoms with Gasteiger partial charge in [-0.2, -0.15) is 0 Å². The Balaban J connectivity index is 0.996. The van der Waals surface area contributed by atoms with Gasteiger partial charge in [0.15, 0.2) is 57.8 Å². The number of nitrogens with zero attached hydrogens (tertiary/aromatic N) is 9. The second-order valence-electron chi connectivity index (χ2n) is 36.2. The maximum absolute atomic E-state index is 9.21. The number of nitrogens with one attached hydrogen (secondary N) is 2. The molecule has 2 aliphatic rings. The van der Waals surface area contributed by atoms with Crippen molar-refractivity contribution in [3.05, 3.63) is 274 Å². The van der Waals surface area contributed by atoms with Gasteiger partial charge >= 0.3 is 0 Å².